The predicted octanol–water partition coefficient (Wildman–Crippen LogP) is 1.39. The first-order chi connectivity index (χ1) is 5.27. The van der Waals surface area contributed by atoms with Gasteiger partial charge in [-0.05, 0) is 18.8 Å². The number of carbonyl (C=O) groups is 1. The second-order valence-electron chi connectivity index (χ2n) is 3.46. The van der Waals surface area contributed by atoms with Crippen LogP contribution >= 0.6 is 15.9 Å². The van der Waals surface area contributed by atoms with Crippen molar-refractivity contribution in [1.82, 2.24) is 4.90 Å². The van der Waals surface area contributed by atoms with E-state index in [1.54, 1.807) is 0 Å². The third-order valence-electron chi connectivity index (χ3n) is 2.46. The largest absolute Gasteiger partial charge is 0.342 e. The van der Waals surface area contributed by atoms with E-state index in [4.69, 9.17) is 0 Å². The molecule has 2 atom stereocenters. The van der Waals surface area contributed by atoms with Gasteiger partial charge in [0.25, 0.3) is 0 Å². The van der Waals surface area contributed by atoms with E-state index in [9.17, 15) is 4.79 Å². The van der Waals surface area contributed by atoms with Crippen LogP contribution in [0.15, 0.2) is 0 Å². The Morgan fingerprint density at radius 1 is 1.64 bits per heavy atom. The lowest BCUT2D eigenvalue weighted by atomic mass is 10.4. The zero-order chi connectivity index (χ0) is 7.84. The molecule has 2 rings (SSSR count). The molecule has 1 saturated heterocycles. The number of carbonyl (C=O) groups excluding carboxylic acids is 1. The molecular weight excluding hydrogens is 206 g/mol. The minimum absolute atomic E-state index is 0.358. The molecule has 11 heavy (non-hydrogen) atoms. The third-order valence-corrected chi connectivity index (χ3v) is 3.58. The Balaban J connectivity index is 1.81. The van der Waals surface area contributed by atoms with Gasteiger partial charge in [-0.3, -0.25) is 4.79 Å². The summed E-state index contributed by atoms with van der Waals surface area (Å²) in [5, 5.41) is 0. The smallest absolute Gasteiger partial charge is 0.222 e. The summed E-state index contributed by atoms with van der Waals surface area (Å²) >= 11 is 3.54. The summed E-state index contributed by atoms with van der Waals surface area (Å²) in [5.41, 5.74) is 0. The number of likely N-dealkylation sites (tertiary alicyclic amines) is 1. The van der Waals surface area contributed by atoms with Gasteiger partial charge in [0, 0.05) is 24.3 Å². The summed E-state index contributed by atoms with van der Waals surface area (Å²) < 4.78 is 0. The molecule has 0 N–H and O–H groups in total. The molecule has 1 aliphatic carbocycles. The lowest BCUT2D eigenvalue weighted by Gasteiger charge is -2.14. The highest BCUT2D eigenvalue weighted by Crippen LogP contribution is 2.38. The number of alkyl halides is 1. The monoisotopic (exact) mass is 217 g/mol. The maximum Gasteiger partial charge on any atom is 0.222 e. The van der Waals surface area contributed by atoms with Gasteiger partial charge in [0.2, 0.25) is 5.91 Å². The van der Waals surface area contributed by atoms with Crippen LogP contribution in [-0.4, -0.2) is 28.7 Å². The molecule has 1 saturated carbocycles. The molecule has 0 bridgehead atoms. The van der Waals surface area contributed by atoms with Gasteiger partial charge in [-0.1, -0.05) is 15.9 Å². The number of rotatable bonds is 2. The Bertz CT molecular complexity index is 183. The van der Waals surface area contributed by atoms with Gasteiger partial charge in [-0.15, -0.1) is 0 Å². The highest BCUT2D eigenvalue weighted by molar-refractivity contribution is 9.09. The van der Waals surface area contributed by atoms with Crippen LogP contribution in [0.1, 0.15) is 19.3 Å². The van der Waals surface area contributed by atoms with E-state index < -0.39 is 0 Å². The number of nitrogens with zero attached hydrogens (tertiary/aromatic N) is 1. The number of hydrogen-bond donors (Lipinski definition) is 0. The fourth-order valence-electron chi connectivity index (χ4n) is 1.58. The molecule has 0 spiro atoms. The fraction of sp³-hybridized carbons (Fsp3) is 0.875. The Kier molecular flexibility index (Phi) is 1.91. The van der Waals surface area contributed by atoms with Crippen LogP contribution in [0.2, 0.25) is 0 Å². The van der Waals surface area contributed by atoms with Gasteiger partial charge < -0.3 is 4.90 Å². The van der Waals surface area contributed by atoms with Crippen LogP contribution in [-0.2, 0) is 4.79 Å². The second-order valence-corrected chi connectivity index (χ2v) is 4.63. The average Bonchev–Trinajstić information content (AvgIpc) is 2.48. The molecule has 2 unspecified atom stereocenters. The average molecular weight is 218 g/mol. The summed E-state index contributed by atoms with van der Waals surface area (Å²) in [6.07, 6.45) is 3.10. The summed E-state index contributed by atoms with van der Waals surface area (Å²) in [6.45, 7) is 1.99. The van der Waals surface area contributed by atoms with Gasteiger partial charge in [-0.25, -0.2) is 0 Å². The zero-order valence-electron chi connectivity index (χ0n) is 6.42. The van der Waals surface area contributed by atoms with Crippen molar-refractivity contribution in [1.29, 1.82) is 0 Å². The Morgan fingerprint density at radius 2 is 2.36 bits per heavy atom. The standard InChI is InChI=1S/C8H12BrNO/c9-7-4-6(7)5-10-3-1-2-8(10)11/h6-7H,1-5H2. The number of amides is 1. The van der Waals surface area contributed by atoms with Crippen molar-refractivity contribution in [2.45, 2.75) is 24.1 Å². The quantitative estimate of drug-likeness (QED) is 0.641. The van der Waals surface area contributed by atoms with Crippen molar-refractivity contribution in [2.24, 2.45) is 5.92 Å². The highest BCUT2D eigenvalue weighted by atomic mass is 79.9. The van der Waals surface area contributed by atoms with E-state index >= 15 is 0 Å². The van der Waals surface area contributed by atoms with Crippen LogP contribution in [0.3, 0.4) is 0 Å². The lowest BCUT2D eigenvalue weighted by molar-refractivity contribution is -0.127. The molecule has 0 radical (unpaired) electrons. The summed E-state index contributed by atoms with van der Waals surface area (Å²) in [6, 6.07) is 0. The first kappa shape index (κ1) is 7.59. The van der Waals surface area contributed by atoms with Crippen molar-refractivity contribution < 1.29 is 4.79 Å². The summed E-state index contributed by atoms with van der Waals surface area (Å²) in [7, 11) is 0. The Morgan fingerprint density at radius 3 is 2.82 bits per heavy atom. The molecule has 2 fully saturated rings. The van der Waals surface area contributed by atoms with E-state index in [1.807, 2.05) is 4.90 Å². The molecule has 0 aromatic carbocycles. The normalized spacial score (nSPS) is 36.5. The highest BCUT2D eigenvalue weighted by Gasteiger charge is 2.37. The first-order valence-corrected chi connectivity index (χ1v) is 5.11. The first-order valence-electron chi connectivity index (χ1n) is 4.19. The molecule has 1 aliphatic heterocycles. The van der Waals surface area contributed by atoms with E-state index in [2.05, 4.69) is 15.9 Å². The molecule has 2 nitrogen and oxygen atoms in total. The van der Waals surface area contributed by atoms with Crippen molar-refractivity contribution in [3.05, 3.63) is 0 Å². The topological polar surface area (TPSA) is 20.3 Å². The van der Waals surface area contributed by atoms with E-state index in [0.29, 0.717) is 10.7 Å². The van der Waals surface area contributed by atoms with Crippen LogP contribution in [0.5, 0.6) is 0 Å². The van der Waals surface area contributed by atoms with Crippen LogP contribution in [0.4, 0.5) is 0 Å². The van der Waals surface area contributed by atoms with Crippen molar-refractivity contribution in [2.75, 3.05) is 13.1 Å². The Hall–Kier alpha value is -0.0500. The Labute approximate surface area is 75.1 Å². The molecule has 1 heterocycles. The van der Waals surface area contributed by atoms with Gasteiger partial charge >= 0.3 is 0 Å². The SMILES string of the molecule is O=C1CCCN1CC1CC1Br. The van der Waals surface area contributed by atoms with Crippen molar-refractivity contribution >= 4 is 21.8 Å². The van der Waals surface area contributed by atoms with E-state index in [-0.39, 0.29) is 0 Å². The van der Waals surface area contributed by atoms with E-state index in [0.717, 1.165) is 31.8 Å². The summed E-state index contributed by atoms with van der Waals surface area (Å²) in [5.74, 6) is 1.11. The van der Waals surface area contributed by atoms with Gasteiger partial charge in [-0.2, -0.15) is 0 Å². The number of halogens is 1. The van der Waals surface area contributed by atoms with Crippen molar-refractivity contribution in [3.8, 4) is 0 Å². The molecular formula is C8H12BrNO. The van der Waals surface area contributed by atoms with Crippen LogP contribution < -0.4 is 0 Å². The maximum absolute atomic E-state index is 11.2. The number of hydrogen-bond acceptors (Lipinski definition) is 1. The lowest BCUT2D eigenvalue weighted by Crippen LogP contribution is -2.27. The molecule has 1 amide bonds. The second kappa shape index (κ2) is 2.77. The minimum Gasteiger partial charge on any atom is -0.342 e. The van der Waals surface area contributed by atoms with Gasteiger partial charge in [0.1, 0.15) is 0 Å². The van der Waals surface area contributed by atoms with Crippen LogP contribution in [0, 0.1) is 5.92 Å². The molecule has 3 heteroatoms. The molecule has 2 aliphatic rings. The minimum atomic E-state index is 0.358. The van der Waals surface area contributed by atoms with Gasteiger partial charge in [0.05, 0.1) is 0 Å². The zero-order valence-corrected chi connectivity index (χ0v) is 8.01. The van der Waals surface area contributed by atoms with Crippen molar-refractivity contribution in [3.63, 3.8) is 0 Å². The van der Waals surface area contributed by atoms with E-state index in [1.165, 1.54) is 6.42 Å². The third kappa shape index (κ3) is 1.58. The summed E-state index contributed by atoms with van der Waals surface area (Å²) in [4.78, 5) is 13.9. The maximum atomic E-state index is 11.2. The van der Waals surface area contributed by atoms with Crippen LogP contribution in [0.25, 0.3) is 0 Å². The molecule has 62 valence electrons. The predicted molar refractivity (Wildman–Crippen MR) is 46.6 cm³/mol. The van der Waals surface area contributed by atoms with Gasteiger partial charge in [0.15, 0.2) is 0 Å². The fourth-order valence-corrected chi connectivity index (χ4v) is 2.23. The molecule has 0 aromatic heterocycles. The molecule has 0 aromatic rings.